The van der Waals surface area contributed by atoms with E-state index < -0.39 is 24.0 Å². The number of aromatic nitrogens is 5. The van der Waals surface area contributed by atoms with Crippen LogP contribution in [-0.4, -0.2) is 36.4 Å². The van der Waals surface area contributed by atoms with Crippen molar-refractivity contribution >= 4 is 28.5 Å². The first-order chi connectivity index (χ1) is 19.7. The number of aromatic amines is 1. The van der Waals surface area contributed by atoms with E-state index in [1.165, 1.54) is 11.1 Å². The lowest BCUT2D eigenvalue weighted by atomic mass is 9.97. The molecule has 212 valence electrons. The summed E-state index contributed by atoms with van der Waals surface area (Å²) in [6.45, 7) is 4.21. The second-order valence-electron chi connectivity index (χ2n) is 10.0. The number of hydrogen-bond acceptors (Lipinski definition) is 5. The normalized spacial score (nSPS) is 13.7. The molecule has 0 radical (unpaired) electrons. The second-order valence-corrected chi connectivity index (χ2v) is 10.4. The van der Waals surface area contributed by atoms with Crippen molar-refractivity contribution in [1.29, 1.82) is 0 Å². The predicted molar refractivity (Wildman–Crippen MR) is 152 cm³/mol. The Labute approximate surface area is 239 Å². The monoisotopic (exact) mass is 580 g/mol. The van der Waals surface area contributed by atoms with Gasteiger partial charge < -0.3 is 15.0 Å². The number of H-pyrrole nitrogens is 1. The summed E-state index contributed by atoms with van der Waals surface area (Å²) in [6, 6.07) is 12.1. The number of alkyl halides is 3. The van der Waals surface area contributed by atoms with Crippen molar-refractivity contribution in [1.82, 2.24) is 24.7 Å². The topological polar surface area (TPSA) is 82.9 Å². The number of nitrogens with one attached hydrogen (secondary N) is 1. The number of benzene rings is 2. The average molecular weight is 581 g/mol. The summed E-state index contributed by atoms with van der Waals surface area (Å²) in [5, 5.41) is 16.4. The van der Waals surface area contributed by atoms with Crippen LogP contribution < -0.4 is 4.90 Å². The third kappa shape index (κ3) is 4.64. The Bertz CT molecular complexity index is 1740. The number of hydrogen-bond donors (Lipinski definition) is 2. The summed E-state index contributed by atoms with van der Waals surface area (Å²) in [6.07, 6.45) is 0.143. The molecule has 0 spiro atoms. The van der Waals surface area contributed by atoms with Gasteiger partial charge in [0.2, 0.25) is 5.95 Å². The third-order valence-electron chi connectivity index (χ3n) is 7.73. The molecule has 2 aromatic carbocycles. The number of nitrogens with zero attached hydrogens (tertiary/aromatic N) is 5. The van der Waals surface area contributed by atoms with Crippen molar-refractivity contribution in [3.05, 3.63) is 87.5 Å². The largest absolute Gasteiger partial charge is 0.419 e. The maximum absolute atomic E-state index is 13.4. The molecule has 3 aromatic heterocycles. The van der Waals surface area contributed by atoms with Crippen molar-refractivity contribution < 1.29 is 18.3 Å². The minimum atomic E-state index is -4.65. The van der Waals surface area contributed by atoms with Gasteiger partial charge in [0.25, 0.3) is 0 Å². The van der Waals surface area contributed by atoms with Crippen LogP contribution in [0.15, 0.2) is 48.8 Å². The highest BCUT2D eigenvalue weighted by molar-refractivity contribution is 6.35. The zero-order valence-corrected chi connectivity index (χ0v) is 23.3. The summed E-state index contributed by atoms with van der Waals surface area (Å²) in [5.41, 5.74) is 6.42. The minimum Gasteiger partial charge on any atom is -0.390 e. The van der Waals surface area contributed by atoms with E-state index in [0.717, 1.165) is 58.1 Å². The van der Waals surface area contributed by atoms with Crippen LogP contribution >= 0.6 is 11.6 Å². The van der Waals surface area contributed by atoms with Crippen molar-refractivity contribution in [2.75, 3.05) is 11.4 Å². The molecule has 0 saturated carbocycles. The molecule has 0 bridgehead atoms. The van der Waals surface area contributed by atoms with Gasteiger partial charge in [0.15, 0.2) is 0 Å². The molecule has 7 nitrogen and oxygen atoms in total. The Balaban J connectivity index is 1.55. The molecule has 0 aliphatic carbocycles. The number of para-hydroxylation sites is 1. The van der Waals surface area contributed by atoms with Crippen LogP contribution in [0.5, 0.6) is 0 Å². The van der Waals surface area contributed by atoms with E-state index in [0.29, 0.717) is 24.5 Å². The van der Waals surface area contributed by atoms with E-state index in [2.05, 4.69) is 47.0 Å². The molecule has 0 saturated heterocycles. The smallest absolute Gasteiger partial charge is 0.390 e. The summed E-state index contributed by atoms with van der Waals surface area (Å²) in [5.74, 6) is 0.137. The van der Waals surface area contributed by atoms with Gasteiger partial charge in [0.1, 0.15) is 0 Å². The molecule has 0 fully saturated rings. The lowest BCUT2D eigenvalue weighted by molar-refractivity contribution is -0.139. The van der Waals surface area contributed by atoms with Gasteiger partial charge in [0, 0.05) is 48.4 Å². The molecule has 4 heterocycles. The highest BCUT2D eigenvalue weighted by atomic mass is 35.5. The van der Waals surface area contributed by atoms with Gasteiger partial charge in [-0.3, -0.25) is 0 Å². The Morgan fingerprint density at radius 2 is 1.83 bits per heavy atom. The molecular weight excluding hydrogens is 553 g/mol. The standard InChI is InChI=1S/C30H28ClF3N6O/c1-3-17-6-5-7-18(4-2)27(17)40-28(20-8-9-23(31)26-19(20)10-12-35-26)21-15-39(13-11-24(21)38-40)29-36-14-22(30(32,33)34)25(16-41)37-29/h5-10,12,14,35,41H,3-4,11,13,15-16H2,1-2H3. The Kier molecular flexibility index (Phi) is 6.99. The highest BCUT2D eigenvalue weighted by Gasteiger charge is 2.36. The number of rotatable bonds is 6. The van der Waals surface area contributed by atoms with Crippen LogP contribution in [0, 0.1) is 0 Å². The maximum Gasteiger partial charge on any atom is 0.419 e. The van der Waals surface area contributed by atoms with E-state index in [-0.39, 0.29) is 5.95 Å². The molecule has 1 aliphatic heterocycles. The van der Waals surface area contributed by atoms with E-state index in [1.54, 1.807) is 0 Å². The first kappa shape index (κ1) is 27.3. The fourth-order valence-corrected chi connectivity index (χ4v) is 5.93. The molecule has 0 atom stereocenters. The Hall–Kier alpha value is -3.89. The number of aryl methyl sites for hydroxylation is 2. The zero-order chi connectivity index (χ0) is 28.9. The fourth-order valence-electron chi connectivity index (χ4n) is 5.71. The SMILES string of the molecule is CCc1cccc(CC)c1-n1nc2c(c1-c1ccc(Cl)c3[nH]ccc13)CN(c1ncc(C(F)(F)F)c(CO)n1)CC2. The molecular formula is C30H28ClF3N6O. The van der Waals surface area contributed by atoms with Gasteiger partial charge >= 0.3 is 6.18 Å². The van der Waals surface area contributed by atoms with Crippen molar-refractivity contribution in [2.45, 2.75) is 52.4 Å². The Morgan fingerprint density at radius 3 is 2.51 bits per heavy atom. The van der Waals surface area contributed by atoms with Gasteiger partial charge in [0.05, 0.1) is 45.5 Å². The van der Waals surface area contributed by atoms with Crippen molar-refractivity contribution in [3.63, 3.8) is 0 Å². The van der Waals surface area contributed by atoms with Crippen LogP contribution in [-0.2, 0) is 38.6 Å². The number of halogens is 4. The van der Waals surface area contributed by atoms with E-state index in [4.69, 9.17) is 16.7 Å². The van der Waals surface area contributed by atoms with E-state index in [9.17, 15) is 18.3 Å². The number of anilines is 1. The lowest BCUT2D eigenvalue weighted by Crippen LogP contribution is -2.32. The molecule has 0 amide bonds. The maximum atomic E-state index is 13.4. The highest BCUT2D eigenvalue weighted by Crippen LogP contribution is 2.40. The number of aliphatic hydroxyl groups is 1. The molecule has 11 heteroatoms. The van der Waals surface area contributed by atoms with E-state index >= 15 is 0 Å². The molecule has 41 heavy (non-hydrogen) atoms. The average Bonchev–Trinajstić information content (AvgIpc) is 3.62. The van der Waals surface area contributed by atoms with Gasteiger partial charge in [-0.05, 0) is 36.1 Å². The Morgan fingerprint density at radius 1 is 1.07 bits per heavy atom. The summed E-state index contributed by atoms with van der Waals surface area (Å²) in [7, 11) is 0. The number of aliphatic hydroxyl groups excluding tert-OH is 1. The number of fused-ring (bicyclic) bond motifs is 2. The van der Waals surface area contributed by atoms with Crippen molar-refractivity contribution in [2.24, 2.45) is 0 Å². The minimum absolute atomic E-state index is 0.137. The summed E-state index contributed by atoms with van der Waals surface area (Å²) in [4.78, 5) is 13.3. The van der Waals surface area contributed by atoms with E-state index in [1.807, 2.05) is 34.0 Å². The quantitative estimate of drug-likeness (QED) is 0.235. The molecule has 0 unspecified atom stereocenters. The second kappa shape index (κ2) is 10.5. The van der Waals surface area contributed by atoms with Gasteiger partial charge in [-0.1, -0.05) is 49.7 Å². The molecule has 6 rings (SSSR count). The van der Waals surface area contributed by atoms with Crippen molar-refractivity contribution in [3.8, 4) is 16.9 Å². The lowest BCUT2D eigenvalue weighted by Gasteiger charge is -2.27. The first-order valence-corrected chi connectivity index (χ1v) is 13.9. The third-order valence-corrected chi connectivity index (χ3v) is 8.05. The van der Waals surface area contributed by atoms with Gasteiger partial charge in [-0.25, -0.2) is 14.6 Å². The van der Waals surface area contributed by atoms with Crippen LogP contribution in [0.4, 0.5) is 19.1 Å². The van der Waals surface area contributed by atoms with Crippen LogP contribution in [0.1, 0.15) is 47.5 Å². The predicted octanol–water partition coefficient (Wildman–Crippen LogP) is 6.66. The van der Waals surface area contributed by atoms with Crippen LogP contribution in [0.3, 0.4) is 0 Å². The van der Waals surface area contributed by atoms with Gasteiger partial charge in [-0.15, -0.1) is 0 Å². The molecule has 1 aliphatic rings. The molecule has 2 N–H and O–H groups in total. The van der Waals surface area contributed by atoms with Crippen LogP contribution in [0.2, 0.25) is 5.02 Å². The first-order valence-electron chi connectivity index (χ1n) is 13.5. The zero-order valence-electron chi connectivity index (χ0n) is 22.6. The summed E-state index contributed by atoms with van der Waals surface area (Å²) >= 11 is 6.52. The summed E-state index contributed by atoms with van der Waals surface area (Å²) < 4.78 is 42.3. The van der Waals surface area contributed by atoms with Gasteiger partial charge in [-0.2, -0.15) is 18.3 Å². The fraction of sp³-hybridized carbons (Fsp3) is 0.300. The van der Waals surface area contributed by atoms with Crippen LogP contribution in [0.25, 0.3) is 27.8 Å². The molecule has 5 aromatic rings.